The van der Waals surface area contributed by atoms with Crippen LogP contribution >= 0.6 is 0 Å². The maximum Gasteiger partial charge on any atom is 0.0827 e. The number of allylic oxidation sites excluding steroid dienone is 1. The molecule has 0 saturated heterocycles. The molecule has 0 nitrogen and oxygen atoms in total. The van der Waals surface area contributed by atoms with E-state index >= 15 is 0 Å². The second-order valence-corrected chi connectivity index (χ2v) is 8.09. The fourth-order valence-corrected chi connectivity index (χ4v) is 4.37. The van der Waals surface area contributed by atoms with Crippen LogP contribution < -0.4 is 0 Å². The Bertz CT molecular complexity index is 688. The van der Waals surface area contributed by atoms with E-state index in [2.05, 4.69) is 55.5 Å². The van der Waals surface area contributed by atoms with Crippen molar-refractivity contribution < 1.29 is 4.39 Å². The van der Waals surface area contributed by atoms with Crippen molar-refractivity contribution in [2.45, 2.75) is 70.6 Å². The SMILES string of the molecule is CCCCCc1ccc(-c2ccc(C3CCC(C/C=C/F)CC3)cc2)cc1. The normalized spacial score (nSPS) is 20.2. The topological polar surface area (TPSA) is 0 Å². The minimum Gasteiger partial charge on any atom is -0.216 e. The Balaban J connectivity index is 1.56. The van der Waals surface area contributed by atoms with Crippen LogP contribution in [0.2, 0.25) is 0 Å². The number of aryl methyl sites for hydroxylation is 1. The third kappa shape index (κ3) is 5.79. The number of benzene rings is 2. The Morgan fingerprint density at radius 2 is 1.48 bits per heavy atom. The predicted octanol–water partition coefficient (Wildman–Crippen LogP) is 8.23. The number of rotatable bonds is 8. The highest BCUT2D eigenvalue weighted by atomic mass is 19.1. The second kappa shape index (κ2) is 10.4. The van der Waals surface area contributed by atoms with Crippen molar-refractivity contribution in [3.05, 3.63) is 72.1 Å². The fourth-order valence-electron chi connectivity index (χ4n) is 4.37. The van der Waals surface area contributed by atoms with Crippen molar-refractivity contribution in [1.29, 1.82) is 0 Å². The zero-order chi connectivity index (χ0) is 18.9. The summed E-state index contributed by atoms with van der Waals surface area (Å²) in [4.78, 5) is 0. The number of hydrogen-bond acceptors (Lipinski definition) is 0. The molecule has 1 aliphatic carbocycles. The first-order chi connectivity index (χ1) is 13.3. The van der Waals surface area contributed by atoms with Crippen LogP contribution in [-0.2, 0) is 6.42 Å². The van der Waals surface area contributed by atoms with Crippen LogP contribution in [0.5, 0.6) is 0 Å². The molecule has 1 aliphatic rings. The maximum absolute atomic E-state index is 12.2. The molecule has 0 aliphatic heterocycles. The summed E-state index contributed by atoms with van der Waals surface area (Å²) >= 11 is 0. The summed E-state index contributed by atoms with van der Waals surface area (Å²) in [5.74, 6) is 1.34. The summed E-state index contributed by atoms with van der Waals surface area (Å²) in [5, 5.41) is 0. The van der Waals surface area contributed by atoms with Gasteiger partial charge in [-0.3, -0.25) is 0 Å². The van der Waals surface area contributed by atoms with E-state index in [0.29, 0.717) is 18.2 Å². The molecule has 144 valence electrons. The van der Waals surface area contributed by atoms with Gasteiger partial charge in [0, 0.05) is 0 Å². The van der Waals surface area contributed by atoms with E-state index in [-0.39, 0.29) is 0 Å². The molecule has 27 heavy (non-hydrogen) atoms. The molecule has 0 N–H and O–H groups in total. The lowest BCUT2D eigenvalue weighted by atomic mass is 9.77. The first-order valence-corrected chi connectivity index (χ1v) is 10.7. The molecule has 0 amide bonds. The van der Waals surface area contributed by atoms with E-state index in [1.54, 1.807) is 6.08 Å². The molecule has 0 atom stereocenters. The molecule has 0 bridgehead atoms. The Kier molecular flexibility index (Phi) is 7.68. The predicted molar refractivity (Wildman–Crippen MR) is 115 cm³/mol. The van der Waals surface area contributed by atoms with E-state index < -0.39 is 0 Å². The molecule has 2 aromatic carbocycles. The molecule has 0 heterocycles. The summed E-state index contributed by atoms with van der Waals surface area (Å²) in [6, 6.07) is 18.3. The summed E-state index contributed by atoms with van der Waals surface area (Å²) in [6.07, 6.45) is 13.2. The first kappa shape index (κ1) is 19.9. The van der Waals surface area contributed by atoms with Gasteiger partial charge in [-0.05, 0) is 79.0 Å². The van der Waals surface area contributed by atoms with Gasteiger partial charge in [-0.1, -0.05) is 74.4 Å². The molecule has 3 rings (SSSR count). The lowest BCUT2D eigenvalue weighted by Crippen LogP contribution is -2.12. The van der Waals surface area contributed by atoms with Crippen LogP contribution in [0.15, 0.2) is 60.9 Å². The average molecular weight is 365 g/mol. The molecule has 2 aromatic rings. The number of hydrogen-bond donors (Lipinski definition) is 0. The Morgan fingerprint density at radius 3 is 2.07 bits per heavy atom. The lowest BCUT2D eigenvalue weighted by molar-refractivity contribution is 0.327. The van der Waals surface area contributed by atoms with E-state index in [0.717, 1.165) is 6.42 Å². The van der Waals surface area contributed by atoms with E-state index in [4.69, 9.17) is 0 Å². The van der Waals surface area contributed by atoms with Crippen LogP contribution in [0.3, 0.4) is 0 Å². The molecule has 1 fully saturated rings. The second-order valence-electron chi connectivity index (χ2n) is 8.09. The van der Waals surface area contributed by atoms with Gasteiger partial charge in [-0.25, -0.2) is 4.39 Å². The van der Waals surface area contributed by atoms with Crippen LogP contribution in [0, 0.1) is 5.92 Å². The highest BCUT2D eigenvalue weighted by Gasteiger charge is 2.21. The number of unbranched alkanes of at least 4 members (excludes halogenated alkanes) is 2. The fraction of sp³-hybridized carbons (Fsp3) is 0.462. The Morgan fingerprint density at radius 1 is 0.852 bits per heavy atom. The van der Waals surface area contributed by atoms with E-state index in [9.17, 15) is 4.39 Å². The minimum absolute atomic E-state index is 0.670. The van der Waals surface area contributed by atoms with E-state index in [1.165, 1.54) is 73.6 Å². The third-order valence-electron chi connectivity index (χ3n) is 6.14. The van der Waals surface area contributed by atoms with Crippen molar-refractivity contribution >= 4 is 0 Å². The van der Waals surface area contributed by atoms with Gasteiger partial charge in [-0.15, -0.1) is 0 Å². The lowest BCUT2D eigenvalue weighted by Gasteiger charge is -2.28. The monoisotopic (exact) mass is 364 g/mol. The zero-order valence-electron chi connectivity index (χ0n) is 16.7. The van der Waals surface area contributed by atoms with Crippen molar-refractivity contribution in [3.63, 3.8) is 0 Å². The smallest absolute Gasteiger partial charge is 0.0827 e. The maximum atomic E-state index is 12.2. The van der Waals surface area contributed by atoms with Gasteiger partial charge in [0.2, 0.25) is 0 Å². The van der Waals surface area contributed by atoms with Crippen LogP contribution in [0.25, 0.3) is 11.1 Å². The molecule has 1 heteroatoms. The average Bonchev–Trinajstić information content (AvgIpc) is 2.73. The largest absolute Gasteiger partial charge is 0.216 e. The summed E-state index contributed by atoms with van der Waals surface area (Å²) < 4.78 is 12.2. The van der Waals surface area contributed by atoms with Crippen molar-refractivity contribution in [3.8, 4) is 11.1 Å². The van der Waals surface area contributed by atoms with Gasteiger partial charge < -0.3 is 0 Å². The zero-order valence-corrected chi connectivity index (χ0v) is 16.7. The van der Waals surface area contributed by atoms with Crippen molar-refractivity contribution in [1.82, 2.24) is 0 Å². The van der Waals surface area contributed by atoms with Crippen LogP contribution in [-0.4, -0.2) is 0 Å². The molecule has 1 saturated carbocycles. The molecular formula is C26H33F. The number of halogens is 1. The molecule has 0 spiro atoms. The minimum atomic E-state index is 0.670. The van der Waals surface area contributed by atoms with Gasteiger partial charge in [0.1, 0.15) is 0 Å². The Labute approximate surface area is 164 Å². The quantitative estimate of drug-likeness (QED) is 0.414. The highest BCUT2D eigenvalue weighted by molar-refractivity contribution is 5.64. The Hall–Kier alpha value is -1.89. The molecule has 0 radical (unpaired) electrons. The summed E-state index contributed by atoms with van der Waals surface area (Å²) in [7, 11) is 0. The third-order valence-corrected chi connectivity index (χ3v) is 6.14. The molecular weight excluding hydrogens is 331 g/mol. The van der Waals surface area contributed by atoms with Gasteiger partial charge in [0.25, 0.3) is 0 Å². The standard InChI is InChI=1S/C26H33F/c1-2-3-4-6-21-8-12-23(13-9-21)25-16-18-26(19-17-25)24-14-10-22(11-15-24)7-5-20-27/h5,8-9,12-13,16-20,22,24H,2-4,6-7,10-11,14-15H2,1H3/b20-5+. The summed E-state index contributed by atoms with van der Waals surface area (Å²) in [5.41, 5.74) is 5.53. The van der Waals surface area contributed by atoms with Crippen molar-refractivity contribution in [2.24, 2.45) is 5.92 Å². The van der Waals surface area contributed by atoms with Gasteiger partial charge in [0.15, 0.2) is 0 Å². The first-order valence-electron chi connectivity index (χ1n) is 10.7. The summed E-state index contributed by atoms with van der Waals surface area (Å²) in [6.45, 7) is 2.25. The van der Waals surface area contributed by atoms with Crippen LogP contribution in [0.1, 0.15) is 75.3 Å². The van der Waals surface area contributed by atoms with Gasteiger partial charge in [-0.2, -0.15) is 0 Å². The van der Waals surface area contributed by atoms with Crippen molar-refractivity contribution in [2.75, 3.05) is 0 Å². The van der Waals surface area contributed by atoms with Gasteiger partial charge >= 0.3 is 0 Å². The van der Waals surface area contributed by atoms with Gasteiger partial charge in [0.05, 0.1) is 6.33 Å². The van der Waals surface area contributed by atoms with E-state index in [1.807, 2.05) is 0 Å². The molecule has 0 aromatic heterocycles. The van der Waals surface area contributed by atoms with Crippen LogP contribution in [0.4, 0.5) is 4.39 Å². The molecule has 0 unspecified atom stereocenters. The highest BCUT2D eigenvalue weighted by Crippen LogP contribution is 2.37.